The Labute approximate surface area is 184 Å². The highest BCUT2D eigenvalue weighted by Gasteiger charge is 2.67. The minimum absolute atomic E-state index is 0.148. The van der Waals surface area contributed by atoms with Gasteiger partial charge in [0.1, 0.15) is 11.7 Å². The predicted octanol–water partition coefficient (Wildman–Crippen LogP) is 5.76. The molecule has 4 saturated carbocycles. The Morgan fingerprint density at radius 1 is 0.967 bits per heavy atom. The van der Waals surface area contributed by atoms with Crippen molar-refractivity contribution in [3.8, 4) is 0 Å². The highest BCUT2D eigenvalue weighted by Crippen LogP contribution is 2.69. The van der Waals surface area contributed by atoms with Gasteiger partial charge in [-0.3, -0.25) is 4.79 Å². The average Bonchev–Trinajstić information content (AvgIpc) is 3.04. The second kappa shape index (κ2) is 7.87. The first kappa shape index (κ1) is 22.8. The zero-order valence-electron chi connectivity index (χ0n) is 20.1. The topological polar surface area (TPSA) is 57.5 Å². The van der Waals surface area contributed by atoms with Gasteiger partial charge < -0.3 is 10.2 Å². The summed E-state index contributed by atoms with van der Waals surface area (Å²) in [6.07, 6.45) is 10.8. The Bertz CT molecular complexity index is 658. The van der Waals surface area contributed by atoms with Crippen LogP contribution in [-0.4, -0.2) is 27.7 Å². The fraction of sp³-hybridized carbons (Fsp3) is 0.963. The van der Waals surface area contributed by atoms with Crippen LogP contribution in [0.4, 0.5) is 0 Å². The van der Waals surface area contributed by atoms with Crippen molar-refractivity contribution in [2.24, 2.45) is 46.3 Å². The Balaban J connectivity index is 1.52. The van der Waals surface area contributed by atoms with Crippen LogP contribution in [0, 0.1) is 46.3 Å². The molecule has 4 aliphatic carbocycles. The van der Waals surface area contributed by atoms with Crippen LogP contribution in [0.25, 0.3) is 0 Å². The van der Waals surface area contributed by atoms with Crippen LogP contribution in [0.5, 0.6) is 0 Å². The van der Waals surface area contributed by atoms with Gasteiger partial charge in [0.2, 0.25) is 0 Å². The number of hydrogen-bond donors (Lipinski definition) is 2. The molecule has 0 bridgehead atoms. The van der Waals surface area contributed by atoms with E-state index in [0.717, 1.165) is 42.9 Å². The molecule has 0 radical (unpaired) electrons. The van der Waals surface area contributed by atoms with Crippen molar-refractivity contribution in [1.82, 2.24) is 0 Å². The molecule has 30 heavy (non-hydrogen) atoms. The Kier molecular flexibility index (Phi) is 5.97. The molecule has 4 fully saturated rings. The molecule has 2 N–H and O–H groups in total. The van der Waals surface area contributed by atoms with Crippen molar-refractivity contribution in [3.63, 3.8) is 0 Å². The zero-order chi connectivity index (χ0) is 21.9. The molecule has 9 atom stereocenters. The molecule has 0 heterocycles. The summed E-state index contributed by atoms with van der Waals surface area (Å²) in [5.41, 5.74) is -1.09. The molecular weight excluding hydrogens is 372 g/mol. The minimum atomic E-state index is -1.21. The van der Waals surface area contributed by atoms with Gasteiger partial charge in [0.05, 0.1) is 0 Å². The molecule has 0 saturated heterocycles. The molecule has 0 aromatic heterocycles. The third kappa shape index (κ3) is 3.24. The number of carbonyl (C=O) groups is 1. The molecule has 3 nitrogen and oxygen atoms in total. The van der Waals surface area contributed by atoms with Gasteiger partial charge in [0.15, 0.2) is 5.78 Å². The first-order chi connectivity index (χ1) is 14.0. The summed E-state index contributed by atoms with van der Waals surface area (Å²) in [5, 5.41) is 22.2. The van der Waals surface area contributed by atoms with Gasteiger partial charge in [-0.25, -0.2) is 0 Å². The highest BCUT2D eigenvalue weighted by molar-refractivity contribution is 5.85. The monoisotopic (exact) mass is 418 g/mol. The standard InChI is InChI=1S/C27H46O3/c1-17(2)7-6-8-18(3)20-9-10-21-19-11-16-27(30)24(29)23(28)13-15-26(27,5)22(19)12-14-25(20,21)4/h17-22,24,29-30H,6-16H2,1-5H3/t18-,19+,20-,21+,22+,24-,25-,26-,27-/m1/s1. The van der Waals surface area contributed by atoms with Gasteiger partial charge >= 0.3 is 0 Å². The second-order valence-electron chi connectivity index (χ2n) is 12.7. The van der Waals surface area contributed by atoms with Gasteiger partial charge in [-0.15, -0.1) is 0 Å². The van der Waals surface area contributed by atoms with Crippen LogP contribution in [0.15, 0.2) is 0 Å². The SMILES string of the molecule is CC(C)CCC[C@@H](C)[C@H]1CC[C@H]2[C@@H]3CC[C@@]4(O)[C@H](O)C(=O)CC[C@]4(C)[C@H]3CC[C@]12C. The number of Topliss-reactive ketones (excluding diaryl/α,β-unsaturated/α-hetero) is 1. The molecule has 0 unspecified atom stereocenters. The first-order valence-electron chi connectivity index (χ1n) is 13.0. The molecule has 0 aromatic carbocycles. The van der Waals surface area contributed by atoms with E-state index in [1.54, 1.807) is 0 Å². The number of hydrogen-bond acceptors (Lipinski definition) is 3. The average molecular weight is 419 g/mol. The van der Waals surface area contributed by atoms with Gasteiger partial charge in [0.25, 0.3) is 0 Å². The molecule has 0 aliphatic heterocycles. The maximum absolute atomic E-state index is 12.2. The molecule has 3 heteroatoms. The van der Waals surface area contributed by atoms with Crippen LogP contribution < -0.4 is 0 Å². The predicted molar refractivity (Wildman–Crippen MR) is 121 cm³/mol. The minimum Gasteiger partial charge on any atom is -0.386 e. The number of carbonyl (C=O) groups excluding carboxylic acids is 1. The number of aliphatic hydroxyl groups is 2. The molecular formula is C27H46O3. The van der Waals surface area contributed by atoms with Crippen molar-refractivity contribution >= 4 is 5.78 Å². The van der Waals surface area contributed by atoms with E-state index in [9.17, 15) is 15.0 Å². The summed E-state index contributed by atoms with van der Waals surface area (Å²) in [6.45, 7) is 12.0. The summed E-state index contributed by atoms with van der Waals surface area (Å²) < 4.78 is 0. The van der Waals surface area contributed by atoms with E-state index in [0.29, 0.717) is 30.1 Å². The smallest absolute Gasteiger partial charge is 0.164 e. The molecule has 0 amide bonds. The number of aliphatic hydroxyl groups excluding tert-OH is 1. The van der Waals surface area contributed by atoms with Crippen LogP contribution in [0.2, 0.25) is 0 Å². The summed E-state index contributed by atoms with van der Waals surface area (Å²) in [7, 11) is 0. The fourth-order valence-electron chi connectivity index (χ4n) is 9.14. The van der Waals surface area contributed by atoms with Crippen LogP contribution in [0.3, 0.4) is 0 Å². The van der Waals surface area contributed by atoms with Gasteiger partial charge in [-0.05, 0) is 85.9 Å². The van der Waals surface area contributed by atoms with Gasteiger partial charge in [-0.2, -0.15) is 0 Å². The Morgan fingerprint density at radius 3 is 2.40 bits per heavy atom. The maximum atomic E-state index is 12.2. The highest BCUT2D eigenvalue weighted by atomic mass is 16.3. The quantitative estimate of drug-likeness (QED) is 0.596. The van der Waals surface area contributed by atoms with Crippen LogP contribution in [0.1, 0.15) is 105 Å². The van der Waals surface area contributed by atoms with E-state index in [1.165, 1.54) is 38.5 Å². The van der Waals surface area contributed by atoms with Crippen molar-refractivity contribution in [1.29, 1.82) is 0 Å². The molecule has 0 aromatic rings. The zero-order valence-corrected chi connectivity index (χ0v) is 20.1. The van der Waals surface area contributed by atoms with Gasteiger partial charge in [0, 0.05) is 11.8 Å². The van der Waals surface area contributed by atoms with Crippen molar-refractivity contribution in [2.45, 2.75) is 117 Å². The number of rotatable bonds is 5. The summed E-state index contributed by atoms with van der Waals surface area (Å²) in [6, 6.07) is 0. The van der Waals surface area contributed by atoms with E-state index in [1.807, 2.05) is 0 Å². The fourth-order valence-corrected chi connectivity index (χ4v) is 9.14. The van der Waals surface area contributed by atoms with Gasteiger partial charge in [-0.1, -0.05) is 53.9 Å². The molecule has 172 valence electrons. The normalized spacial score (nSPS) is 49.5. The lowest BCUT2D eigenvalue weighted by atomic mass is 9.42. The summed E-state index contributed by atoms with van der Waals surface area (Å²) >= 11 is 0. The van der Waals surface area contributed by atoms with E-state index in [4.69, 9.17) is 0 Å². The largest absolute Gasteiger partial charge is 0.386 e. The summed E-state index contributed by atoms with van der Waals surface area (Å²) in [5.74, 6) is 4.16. The van der Waals surface area contributed by atoms with E-state index >= 15 is 0 Å². The third-order valence-corrected chi connectivity index (χ3v) is 11.0. The number of fused-ring (bicyclic) bond motifs is 5. The Morgan fingerprint density at radius 2 is 1.70 bits per heavy atom. The summed E-state index contributed by atoms with van der Waals surface area (Å²) in [4.78, 5) is 12.2. The van der Waals surface area contributed by atoms with E-state index in [-0.39, 0.29) is 11.2 Å². The van der Waals surface area contributed by atoms with Crippen molar-refractivity contribution in [2.75, 3.05) is 0 Å². The van der Waals surface area contributed by atoms with Crippen molar-refractivity contribution in [3.05, 3.63) is 0 Å². The van der Waals surface area contributed by atoms with Crippen LogP contribution >= 0.6 is 0 Å². The lowest BCUT2D eigenvalue weighted by molar-refractivity contribution is -0.238. The van der Waals surface area contributed by atoms with E-state index < -0.39 is 11.7 Å². The third-order valence-electron chi connectivity index (χ3n) is 11.0. The van der Waals surface area contributed by atoms with Crippen LogP contribution in [-0.2, 0) is 4.79 Å². The second-order valence-corrected chi connectivity index (χ2v) is 12.7. The van der Waals surface area contributed by atoms with E-state index in [2.05, 4.69) is 34.6 Å². The lowest BCUT2D eigenvalue weighted by Gasteiger charge is -2.64. The molecule has 4 rings (SSSR count). The molecule has 0 spiro atoms. The molecule has 4 aliphatic rings. The first-order valence-corrected chi connectivity index (χ1v) is 13.0. The maximum Gasteiger partial charge on any atom is 0.164 e. The van der Waals surface area contributed by atoms with Crippen molar-refractivity contribution < 1.29 is 15.0 Å². The lowest BCUT2D eigenvalue weighted by Crippen LogP contribution is -2.68. The Hall–Kier alpha value is -0.410. The number of ketones is 1.